The van der Waals surface area contributed by atoms with Gasteiger partial charge in [0, 0.05) is 12.1 Å². The first kappa shape index (κ1) is 16.0. The van der Waals surface area contributed by atoms with Crippen LogP contribution >= 0.6 is 15.9 Å². The molecule has 0 saturated heterocycles. The Balaban J connectivity index is 2.50. The van der Waals surface area contributed by atoms with E-state index in [2.05, 4.69) is 78.2 Å². The summed E-state index contributed by atoms with van der Waals surface area (Å²) < 4.78 is 0.974. The normalized spacial score (nSPS) is 11.0. The van der Waals surface area contributed by atoms with Crippen LogP contribution in [0.2, 0.25) is 0 Å². The number of anilines is 1. The first-order valence-corrected chi connectivity index (χ1v) is 8.20. The lowest BCUT2D eigenvalue weighted by Gasteiger charge is -2.15. The number of benzene rings is 1. The van der Waals surface area contributed by atoms with Crippen molar-refractivity contribution in [3.05, 3.63) is 40.0 Å². The molecule has 0 aliphatic carbocycles. The molecular formula is C17H22BrN3. The number of nitrogens with one attached hydrogen (secondary N) is 1. The van der Waals surface area contributed by atoms with Crippen LogP contribution in [0.3, 0.4) is 0 Å². The Morgan fingerprint density at radius 2 is 1.81 bits per heavy atom. The van der Waals surface area contributed by atoms with Gasteiger partial charge in [0.05, 0.1) is 10.2 Å². The summed E-state index contributed by atoms with van der Waals surface area (Å²) in [4.78, 5) is 9.43. The molecule has 3 nitrogen and oxygen atoms in total. The van der Waals surface area contributed by atoms with E-state index in [0.717, 1.165) is 40.3 Å². The molecule has 21 heavy (non-hydrogen) atoms. The van der Waals surface area contributed by atoms with E-state index in [9.17, 15) is 0 Å². The SMILES string of the molecule is CCCNc1nc(-c2ccc(C)cc2)nc(C(C)C)c1Br. The minimum Gasteiger partial charge on any atom is -0.369 e. The van der Waals surface area contributed by atoms with Crippen molar-refractivity contribution in [3.8, 4) is 11.4 Å². The molecule has 0 bridgehead atoms. The highest BCUT2D eigenvalue weighted by atomic mass is 79.9. The Labute approximate surface area is 135 Å². The van der Waals surface area contributed by atoms with E-state index in [1.54, 1.807) is 0 Å². The third-order valence-corrected chi connectivity index (χ3v) is 4.06. The summed E-state index contributed by atoms with van der Waals surface area (Å²) in [5.74, 6) is 2.00. The smallest absolute Gasteiger partial charge is 0.161 e. The van der Waals surface area contributed by atoms with Crippen molar-refractivity contribution in [2.75, 3.05) is 11.9 Å². The molecule has 0 unspecified atom stereocenters. The number of hydrogen-bond donors (Lipinski definition) is 1. The highest BCUT2D eigenvalue weighted by molar-refractivity contribution is 9.10. The molecule has 0 fully saturated rings. The number of aromatic nitrogens is 2. The molecule has 0 saturated carbocycles. The van der Waals surface area contributed by atoms with E-state index in [1.807, 2.05) is 0 Å². The van der Waals surface area contributed by atoms with E-state index >= 15 is 0 Å². The van der Waals surface area contributed by atoms with Crippen LogP contribution in [0.1, 0.15) is 44.4 Å². The van der Waals surface area contributed by atoms with E-state index in [1.165, 1.54) is 5.56 Å². The van der Waals surface area contributed by atoms with Crippen LogP contribution < -0.4 is 5.32 Å². The average Bonchev–Trinajstić information content (AvgIpc) is 2.47. The molecular weight excluding hydrogens is 326 g/mol. The van der Waals surface area contributed by atoms with Crippen LogP contribution in [0.5, 0.6) is 0 Å². The standard InChI is InChI=1S/C17H22BrN3/c1-5-10-19-17-14(18)15(11(2)3)20-16(21-17)13-8-6-12(4)7-9-13/h6-9,11H,5,10H2,1-4H3,(H,19,20,21). The molecule has 0 radical (unpaired) electrons. The van der Waals surface area contributed by atoms with E-state index in [4.69, 9.17) is 4.98 Å². The maximum atomic E-state index is 4.74. The number of nitrogens with zero attached hydrogens (tertiary/aromatic N) is 2. The van der Waals surface area contributed by atoms with E-state index < -0.39 is 0 Å². The molecule has 0 atom stereocenters. The van der Waals surface area contributed by atoms with Gasteiger partial charge in [-0.3, -0.25) is 0 Å². The largest absolute Gasteiger partial charge is 0.369 e. The van der Waals surface area contributed by atoms with Crippen LogP contribution in [0.15, 0.2) is 28.7 Å². The molecule has 1 N–H and O–H groups in total. The summed E-state index contributed by atoms with van der Waals surface area (Å²) in [6.45, 7) is 9.43. The fourth-order valence-electron chi connectivity index (χ4n) is 2.04. The number of rotatable bonds is 5. The molecule has 1 aromatic carbocycles. The average molecular weight is 348 g/mol. The van der Waals surface area contributed by atoms with Crippen molar-refractivity contribution < 1.29 is 0 Å². The maximum Gasteiger partial charge on any atom is 0.161 e. The van der Waals surface area contributed by atoms with Crippen molar-refractivity contribution in [2.24, 2.45) is 0 Å². The Bertz CT molecular complexity index is 606. The molecule has 2 aromatic rings. The summed E-state index contributed by atoms with van der Waals surface area (Å²) >= 11 is 3.64. The summed E-state index contributed by atoms with van der Waals surface area (Å²) in [5, 5.41) is 3.38. The minimum absolute atomic E-state index is 0.341. The zero-order chi connectivity index (χ0) is 15.4. The van der Waals surface area contributed by atoms with Gasteiger partial charge >= 0.3 is 0 Å². The van der Waals surface area contributed by atoms with Crippen molar-refractivity contribution in [3.63, 3.8) is 0 Å². The fourth-order valence-corrected chi connectivity index (χ4v) is 2.81. The lowest BCUT2D eigenvalue weighted by atomic mass is 10.1. The van der Waals surface area contributed by atoms with Crippen molar-refractivity contribution in [1.82, 2.24) is 9.97 Å². The third-order valence-electron chi connectivity index (χ3n) is 3.28. The third kappa shape index (κ3) is 3.82. The molecule has 1 aromatic heterocycles. The predicted octanol–water partition coefficient (Wildman–Crippen LogP) is 5.16. The zero-order valence-electron chi connectivity index (χ0n) is 13.1. The minimum atomic E-state index is 0.341. The topological polar surface area (TPSA) is 37.8 Å². The highest BCUT2D eigenvalue weighted by Crippen LogP contribution is 2.31. The number of halogens is 1. The highest BCUT2D eigenvalue weighted by Gasteiger charge is 2.15. The summed E-state index contributed by atoms with van der Waals surface area (Å²) in [5.41, 5.74) is 3.33. The van der Waals surface area contributed by atoms with E-state index in [0.29, 0.717) is 5.92 Å². The van der Waals surface area contributed by atoms with Crippen molar-refractivity contribution >= 4 is 21.7 Å². The van der Waals surface area contributed by atoms with E-state index in [-0.39, 0.29) is 0 Å². The van der Waals surface area contributed by atoms with Gasteiger partial charge in [-0.1, -0.05) is 50.6 Å². The Morgan fingerprint density at radius 3 is 2.38 bits per heavy atom. The van der Waals surface area contributed by atoms with Gasteiger partial charge in [0.2, 0.25) is 0 Å². The summed E-state index contributed by atoms with van der Waals surface area (Å²) in [6, 6.07) is 8.34. The van der Waals surface area contributed by atoms with Crippen LogP contribution in [0.25, 0.3) is 11.4 Å². The van der Waals surface area contributed by atoms with Crippen LogP contribution in [0, 0.1) is 6.92 Å². The first-order chi connectivity index (χ1) is 10.0. The van der Waals surface area contributed by atoms with Crippen molar-refractivity contribution in [1.29, 1.82) is 0 Å². The Kier molecular flexibility index (Phi) is 5.34. The van der Waals surface area contributed by atoms with Crippen LogP contribution in [0.4, 0.5) is 5.82 Å². The molecule has 0 amide bonds. The van der Waals surface area contributed by atoms with Gasteiger partial charge < -0.3 is 5.32 Å². The lowest BCUT2D eigenvalue weighted by Crippen LogP contribution is -2.08. The molecule has 112 valence electrons. The van der Waals surface area contributed by atoms with Gasteiger partial charge in [-0.2, -0.15) is 0 Å². The number of aryl methyl sites for hydroxylation is 1. The maximum absolute atomic E-state index is 4.74. The second-order valence-electron chi connectivity index (χ2n) is 5.54. The molecule has 2 rings (SSSR count). The molecule has 4 heteroatoms. The fraction of sp³-hybridized carbons (Fsp3) is 0.412. The second kappa shape index (κ2) is 7.03. The molecule has 0 aliphatic heterocycles. The summed E-state index contributed by atoms with van der Waals surface area (Å²) in [7, 11) is 0. The lowest BCUT2D eigenvalue weighted by molar-refractivity contribution is 0.808. The summed E-state index contributed by atoms with van der Waals surface area (Å²) in [6.07, 6.45) is 1.06. The van der Waals surface area contributed by atoms with Crippen LogP contribution in [-0.4, -0.2) is 16.5 Å². The van der Waals surface area contributed by atoms with Gasteiger partial charge in [-0.05, 0) is 35.2 Å². The molecule has 0 spiro atoms. The second-order valence-corrected chi connectivity index (χ2v) is 6.34. The Hall–Kier alpha value is -1.42. The van der Waals surface area contributed by atoms with Gasteiger partial charge in [0.25, 0.3) is 0 Å². The van der Waals surface area contributed by atoms with Gasteiger partial charge in [-0.15, -0.1) is 0 Å². The van der Waals surface area contributed by atoms with Gasteiger partial charge in [-0.25, -0.2) is 9.97 Å². The van der Waals surface area contributed by atoms with Gasteiger partial charge in [0.1, 0.15) is 5.82 Å². The molecule has 1 heterocycles. The predicted molar refractivity (Wildman–Crippen MR) is 92.8 cm³/mol. The molecule has 0 aliphatic rings. The van der Waals surface area contributed by atoms with Crippen molar-refractivity contribution in [2.45, 2.75) is 40.0 Å². The quantitative estimate of drug-likeness (QED) is 0.811. The van der Waals surface area contributed by atoms with Crippen LogP contribution in [-0.2, 0) is 0 Å². The Morgan fingerprint density at radius 1 is 1.14 bits per heavy atom. The van der Waals surface area contributed by atoms with Gasteiger partial charge in [0.15, 0.2) is 5.82 Å². The number of hydrogen-bond acceptors (Lipinski definition) is 3. The monoisotopic (exact) mass is 347 g/mol. The first-order valence-electron chi connectivity index (χ1n) is 7.41. The zero-order valence-corrected chi connectivity index (χ0v) is 14.7.